The van der Waals surface area contributed by atoms with Crippen LogP contribution in [0.15, 0.2) is 148 Å². The lowest BCUT2D eigenvalue weighted by atomic mass is 9.97. The summed E-state index contributed by atoms with van der Waals surface area (Å²) in [6.45, 7) is 0. The van der Waals surface area contributed by atoms with Crippen LogP contribution >= 0.6 is 11.3 Å². The van der Waals surface area contributed by atoms with Crippen LogP contribution in [-0.2, 0) is 0 Å². The van der Waals surface area contributed by atoms with Crippen molar-refractivity contribution in [1.82, 2.24) is 4.57 Å². The van der Waals surface area contributed by atoms with E-state index in [-0.39, 0.29) is 0 Å². The SMILES string of the molecule is c1ccc2c(c1)oc1c(-c3cccc4oc5ccc(-n6c7ccccc7c7ccc8c9ccccc9sc8c76)cc5c34)cccc12. The number of benzene rings is 7. The maximum Gasteiger partial charge on any atom is 0.143 e. The lowest BCUT2D eigenvalue weighted by Crippen LogP contribution is -1.93. The molecular formula is C42H23NO2S. The minimum atomic E-state index is 0.867. The van der Waals surface area contributed by atoms with E-state index < -0.39 is 0 Å². The molecule has 7 aromatic carbocycles. The molecule has 46 heavy (non-hydrogen) atoms. The number of rotatable bonds is 2. The quantitative estimate of drug-likeness (QED) is 0.196. The summed E-state index contributed by atoms with van der Waals surface area (Å²) in [4.78, 5) is 0. The van der Waals surface area contributed by atoms with Crippen molar-refractivity contribution in [2.45, 2.75) is 0 Å². The Hall–Kier alpha value is -5.84. The molecule has 0 aliphatic heterocycles. The van der Waals surface area contributed by atoms with Gasteiger partial charge in [-0.2, -0.15) is 0 Å². The fourth-order valence-corrected chi connectivity index (χ4v) is 8.88. The zero-order chi connectivity index (χ0) is 29.9. The number of furan rings is 2. The third-order valence-electron chi connectivity index (χ3n) is 9.61. The van der Waals surface area contributed by atoms with Crippen LogP contribution in [-0.4, -0.2) is 4.57 Å². The van der Waals surface area contributed by atoms with Gasteiger partial charge in [0.25, 0.3) is 0 Å². The summed E-state index contributed by atoms with van der Waals surface area (Å²) < 4.78 is 18.1. The predicted molar refractivity (Wildman–Crippen MR) is 194 cm³/mol. The Bertz CT molecular complexity index is 3040. The van der Waals surface area contributed by atoms with Crippen molar-refractivity contribution in [2.75, 3.05) is 0 Å². The molecule has 0 spiro atoms. The summed E-state index contributed by atoms with van der Waals surface area (Å²) in [6, 6.07) is 49.7. The lowest BCUT2D eigenvalue weighted by molar-refractivity contribution is 0.668. The van der Waals surface area contributed by atoms with E-state index in [1.165, 1.54) is 42.0 Å². The first-order chi connectivity index (χ1) is 22.8. The molecule has 0 saturated carbocycles. The topological polar surface area (TPSA) is 31.2 Å². The highest BCUT2D eigenvalue weighted by molar-refractivity contribution is 7.26. The molecule has 4 aromatic heterocycles. The van der Waals surface area contributed by atoms with Gasteiger partial charge in [0, 0.05) is 59.0 Å². The number of hydrogen-bond acceptors (Lipinski definition) is 3. The molecule has 0 bridgehead atoms. The monoisotopic (exact) mass is 605 g/mol. The van der Waals surface area contributed by atoms with Crippen LogP contribution in [0.5, 0.6) is 0 Å². The standard InChI is InChI=1S/C42H23NO2S/c1-4-15-34-25(9-1)29-20-21-32-27-11-3-6-18-38(27)46-42(32)40(29)43(34)24-19-22-36-33(23-24)39-28(12-8-17-37(39)44-36)31-14-7-13-30-26-10-2-5-16-35(26)45-41(30)31/h1-23H. The second-order valence-electron chi connectivity index (χ2n) is 12.0. The predicted octanol–water partition coefficient (Wildman–Crippen LogP) is 12.6. The average molecular weight is 606 g/mol. The van der Waals surface area contributed by atoms with Crippen LogP contribution in [0.2, 0.25) is 0 Å². The fraction of sp³-hybridized carbons (Fsp3) is 0. The van der Waals surface area contributed by atoms with Crippen molar-refractivity contribution < 1.29 is 8.83 Å². The lowest BCUT2D eigenvalue weighted by Gasteiger charge is -2.09. The molecule has 0 saturated heterocycles. The van der Waals surface area contributed by atoms with Crippen LogP contribution in [0, 0.1) is 0 Å². The van der Waals surface area contributed by atoms with Crippen LogP contribution < -0.4 is 0 Å². The molecule has 3 nitrogen and oxygen atoms in total. The van der Waals surface area contributed by atoms with Crippen LogP contribution in [0.4, 0.5) is 0 Å². The molecule has 11 aromatic rings. The Morgan fingerprint density at radius 1 is 0.457 bits per heavy atom. The van der Waals surface area contributed by atoms with Gasteiger partial charge < -0.3 is 13.4 Å². The van der Waals surface area contributed by atoms with Gasteiger partial charge in [-0.05, 0) is 48.0 Å². The van der Waals surface area contributed by atoms with Gasteiger partial charge >= 0.3 is 0 Å². The highest BCUT2D eigenvalue weighted by Crippen LogP contribution is 2.45. The van der Waals surface area contributed by atoms with Gasteiger partial charge in [-0.25, -0.2) is 0 Å². The normalized spacial score (nSPS) is 12.3. The second-order valence-corrected chi connectivity index (χ2v) is 13.1. The minimum absolute atomic E-state index is 0.867. The Labute approximate surface area is 266 Å². The minimum Gasteiger partial charge on any atom is -0.456 e. The molecule has 0 amide bonds. The van der Waals surface area contributed by atoms with E-state index in [0.29, 0.717) is 0 Å². The van der Waals surface area contributed by atoms with E-state index in [4.69, 9.17) is 8.83 Å². The summed E-state index contributed by atoms with van der Waals surface area (Å²) in [5.41, 5.74) is 9.27. The highest BCUT2D eigenvalue weighted by atomic mass is 32.1. The Balaban J connectivity index is 1.24. The molecule has 0 radical (unpaired) electrons. The smallest absolute Gasteiger partial charge is 0.143 e. The summed E-state index contributed by atoms with van der Waals surface area (Å²) in [6.07, 6.45) is 0. The molecule has 11 rings (SSSR count). The van der Waals surface area contributed by atoms with Gasteiger partial charge in [0.1, 0.15) is 22.3 Å². The Kier molecular flexibility index (Phi) is 4.72. The van der Waals surface area contributed by atoms with Gasteiger partial charge in [-0.1, -0.05) is 97.1 Å². The van der Waals surface area contributed by atoms with Gasteiger partial charge in [0.15, 0.2) is 0 Å². The molecular weight excluding hydrogens is 583 g/mol. The molecule has 214 valence electrons. The number of fused-ring (bicyclic) bond motifs is 13. The number of thiophene rings is 1. The van der Waals surface area contributed by atoms with E-state index in [2.05, 4.69) is 132 Å². The summed E-state index contributed by atoms with van der Waals surface area (Å²) in [5.74, 6) is 0. The van der Waals surface area contributed by atoms with Crippen molar-refractivity contribution in [3.8, 4) is 16.8 Å². The third-order valence-corrected chi connectivity index (χ3v) is 10.8. The first kappa shape index (κ1) is 24.5. The second kappa shape index (κ2) is 8.87. The summed E-state index contributed by atoms with van der Waals surface area (Å²) in [5, 5.41) is 9.57. The fourth-order valence-electron chi connectivity index (χ4n) is 7.64. The molecule has 4 heteroatoms. The maximum absolute atomic E-state index is 6.51. The first-order valence-corrected chi connectivity index (χ1v) is 16.3. The Morgan fingerprint density at radius 3 is 2.13 bits per heavy atom. The number of hydrogen-bond donors (Lipinski definition) is 0. The van der Waals surface area contributed by atoms with E-state index in [9.17, 15) is 0 Å². The third kappa shape index (κ3) is 3.16. The first-order valence-electron chi connectivity index (χ1n) is 15.5. The molecule has 0 aliphatic rings. The van der Waals surface area contributed by atoms with Crippen LogP contribution in [0.3, 0.4) is 0 Å². The largest absolute Gasteiger partial charge is 0.456 e. The number of para-hydroxylation sites is 3. The van der Waals surface area contributed by atoms with Crippen molar-refractivity contribution in [2.24, 2.45) is 0 Å². The molecule has 0 fully saturated rings. The van der Waals surface area contributed by atoms with E-state index in [0.717, 1.165) is 60.7 Å². The van der Waals surface area contributed by atoms with Crippen LogP contribution in [0.1, 0.15) is 0 Å². The summed E-state index contributed by atoms with van der Waals surface area (Å²) in [7, 11) is 0. The molecule has 0 atom stereocenters. The van der Waals surface area contributed by atoms with Crippen molar-refractivity contribution in [3.05, 3.63) is 140 Å². The maximum atomic E-state index is 6.51. The summed E-state index contributed by atoms with van der Waals surface area (Å²) >= 11 is 1.88. The molecule has 0 aliphatic carbocycles. The van der Waals surface area contributed by atoms with E-state index >= 15 is 0 Å². The van der Waals surface area contributed by atoms with E-state index in [1.807, 2.05) is 23.5 Å². The van der Waals surface area contributed by atoms with Gasteiger partial charge in [0.2, 0.25) is 0 Å². The molecule has 0 unspecified atom stereocenters. The van der Waals surface area contributed by atoms with Gasteiger partial charge in [0.05, 0.1) is 15.7 Å². The van der Waals surface area contributed by atoms with Gasteiger partial charge in [-0.3, -0.25) is 0 Å². The number of nitrogens with zero attached hydrogens (tertiary/aromatic N) is 1. The van der Waals surface area contributed by atoms with Crippen molar-refractivity contribution in [1.29, 1.82) is 0 Å². The zero-order valence-electron chi connectivity index (χ0n) is 24.5. The average Bonchev–Trinajstić information content (AvgIpc) is 3.86. The molecule has 4 heterocycles. The molecule has 0 N–H and O–H groups in total. The van der Waals surface area contributed by atoms with Crippen LogP contribution in [0.25, 0.3) is 103 Å². The highest BCUT2D eigenvalue weighted by Gasteiger charge is 2.21. The van der Waals surface area contributed by atoms with Crippen molar-refractivity contribution in [3.63, 3.8) is 0 Å². The Morgan fingerprint density at radius 2 is 1.17 bits per heavy atom. The van der Waals surface area contributed by atoms with Crippen molar-refractivity contribution >= 4 is 97.2 Å². The van der Waals surface area contributed by atoms with E-state index in [1.54, 1.807) is 0 Å². The number of aromatic nitrogens is 1. The zero-order valence-corrected chi connectivity index (χ0v) is 25.3. The van der Waals surface area contributed by atoms with Gasteiger partial charge in [-0.15, -0.1) is 11.3 Å².